The third-order valence-electron chi connectivity index (χ3n) is 2.17. The van der Waals surface area contributed by atoms with Crippen LogP contribution in [0.4, 0.5) is 5.95 Å². The number of nitrogens with zero attached hydrogens (tertiary/aromatic N) is 3. The van der Waals surface area contributed by atoms with Crippen LogP contribution in [-0.2, 0) is 16.6 Å². The van der Waals surface area contributed by atoms with Crippen LogP contribution in [0.15, 0.2) is 23.4 Å². The second kappa shape index (κ2) is 4.70. The number of aryl methyl sites for hydroxylation is 1. The van der Waals surface area contributed by atoms with E-state index in [1.807, 2.05) is 0 Å². The predicted octanol–water partition coefficient (Wildman–Crippen LogP) is -0.199. The molecule has 0 bridgehead atoms. The summed E-state index contributed by atoms with van der Waals surface area (Å²) in [6, 6.07) is 1.57. The summed E-state index contributed by atoms with van der Waals surface area (Å²) in [6.45, 7) is 1.07. The number of hydrogen-bond acceptors (Lipinski definition) is 6. The molecule has 9 heteroatoms. The average Bonchev–Trinajstić information content (AvgIpc) is 2.72. The zero-order chi connectivity index (χ0) is 13.2. The number of aromatic nitrogens is 4. The van der Waals surface area contributed by atoms with E-state index in [2.05, 4.69) is 24.9 Å². The SMILES string of the molecule is Cc1[nH]nc(CO)c1S(=O)(=O)Nc1ncccn1. The van der Waals surface area contributed by atoms with Crippen molar-refractivity contribution in [3.05, 3.63) is 29.8 Å². The first-order chi connectivity index (χ1) is 8.54. The van der Waals surface area contributed by atoms with Crippen molar-refractivity contribution >= 4 is 16.0 Å². The molecule has 0 saturated heterocycles. The third kappa shape index (κ3) is 2.31. The lowest BCUT2D eigenvalue weighted by molar-refractivity contribution is 0.273. The van der Waals surface area contributed by atoms with Gasteiger partial charge >= 0.3 is 0 Å². The van der Waals surface area contributed by atoms with E-state index in [1.54, 1.807) is 13.0 Å². The van der Waals surface area contributed by atoms with Gasteiger partial charge in [-0.05, 0) is 13.0 Å². The lowest BCUT2D eigenvalue weighted by Gasteiger charge is -2.06. The van der Waals surface area contributed by atoms with Crippen LogP contribution in [0.3, 0.4) is 0 Å². The van der Waals surface area contributed by atoms with Gasteiger partial charge in [0.1, 0.15) is 10.6 Å². The highest BCUT2D eigenvalue weighted by molar-refractivity contribution is 7.92. The number of nitrogens with one attached hydrogen (secondary N) is 2. The standard InChI is InChI=1S/C9H11N5O3S/c1-6-8(7(5-15)13-12-6)18(16,17)14-9-10-3-2-4-11-9/h2-4,15H,5H2,1H3,(H,12,13)(H,10,11,14). The Bertz CT molecular complexity index is 637. The molecule has 0 aliphatic heterocycles. The highest BCUT2D eigenvalue weighted by Gasteiger charge is 2.24. The van der Waals surface area contributed by atoms with E-state index in [-0.39, 0.29) is 16.5 Å². The van der Waals surface area contributed by atoms with Crippen molar-refractivity contribution in [1.29, 1.82) is 0 Å². The van der Waals surface area contributed by atoms with Crippen LogP contribution in [0.5, 0.6) is 0 Å². The number of rotatable bonds is 4. The van der Waals surface area contributed by atoms with Gasteiger partial charge in [0.05, 0.1) is 12.3 Å². The second-order valence-electron chi connectivity index (χ2n) is 3.46. The third-order valence-corrected chi connectivity index (χ3v) is 3.70. The molecular weight excluding hydrogens is 258 g/mol. The summed E-state index contributed by atoms with van der Waals surface area (Å²) in [7, 11) is -3.87. The molecule has 18 heavy (non-hydrogen) atoms. The number of aliphatic hydroxyl groups excluding tert-OH is 1. The number of aromatic amines is 1. The Hall–Kier alpha value is -2.00. The van der Waals surface area contributed by atoms with Crippen LogP contribution in [0.1, 0.15) is 11.4 Å². The van der Waals surface area contributed by atoms with Gasteiger partial charge in [0.15, 0.2) is 0 Å². The molecule has 0 amide bonds. The molecular formula is C9H11N5O3S. The van der Waals surface area contributed by atoms with E-state index in [0.717, 1.165) is 0 Å². The van der Waals surface area contributed by atoms with Crippen molar-refractivity contribution in [2.45, 2.75) is 18.4 Å². The molecule has 2 heterocycles. The van der Waals surface area contributed by atoms with E-state index < -0.39 is 16.6 Å². The number of H-pyrrole nitrogens is 1. The first-order valence-electron chi connectivity index (χ1n) is 4.99. The topological polar surface area (TPSA) is 121 Å². The summed E-state index contributed by atoms with van der Waals surface area (Å²) in [4.78, 5) is 7.44. The summed E-state index contributed by atoms with van der Waals surface area (Å²) >= 11 is 0. The van der Waals surface area contributed by atoms with E-state index >= 15 is 0 Å². The molecule has 96 valence electrons. The molecule has 8 nitrogen and oxygen atoms in total. The molecule has 0 saturated carbocycles. The van der Waals surface area contributed by atoms with Gasteiger partial charge in [-0.2, -0.15) is 5.10 Å². The zero-order valence-electron chi connectivity index (χ0n) is 9.45. The minimum absolute atomic E-state index is 0.0398. The number of sulfonamides is 1. The van der Waals surface area contributed by atoms with E-state index in [9.17, 15) is 8.42 Å². The van der Waals surface area contributed by atoms with Crippen LogP contribution in [0.2, 0.25) is 0 Å². The maximum absolute atomic E-state index is 12.1. The summed E-state index contributed by atoms with van der Waals surface area (Å²) in [5, 5.41) is 15.3. The van der Waals surface area contributed by atoms with Crippen LogP contribution in [0.25, 0.3) is 0 Å². The predicted molar refractivity (Wildman–Crippen MR) is 62.1 cm³/mol. The van der Waals surface area contributed by atoms with Gasteiger partial charge in [-0.25, -0.2) is 23.1 Å². The number of hydrogen-bond donors (Lipinski definition) is 3. The Labute approximate surface area is 103 Å². The molecule has 0 aliphatic carbocycles. The van der Waals surface area contributed by atoms with E-state index in [4.69, 9.17) is 5.11 Å². The fraction of sp³-hybridized carbons (Fsp3) is 0.222. The molecule has 0 aromatic carbocycles. The summed E-state index contributed by atoms with van der Waals surface area (Å²) in [5.41, 5.74) is 0.387. The average molecular weight is 269 g/mol. The molecule has 0 unspecified atom stereocenters. The van der Waals surface area contributed by atoms with Gasteiger partial charge in [0, 0.05) is 12.4 Å². The largest absolute Gasteiger partial charge is 0.390 e. The Kier molecular flexibility index (Phi) is 3.26. The molecule has 2 aromatic rings. The second-order valence-corrected chi connectivity index (χ2v) is 5.08. The minimum atomic E-state index is -3.87. The molecule has 0 aliphatic rings. The Morgan fingerprint density at radius 1 is 1.39 bits per heavy atom. The molecule has 0 radical (unpaired) electrons. The first-order valence-corrected chi connectivity index (χ1v) is 6.47. The van der Waals surface area contributed by atoms with Crippen molar-refractivity contribution in [2.24, 2.45) is 0 Å². The van der Waals surface area contributed by atoms with Crippen molar-refractivity contribution < 1.29 is 13.5 Å². The van der Waals surface area contributed by atoms with Gasteiger partial charge < -0.3 is 5.11 Å². The van der Waals surface area contributed by atoms with E-state index in [1.165, 1.54) is 12.4 Å². The summed E-state index contributed by atoms with van der Waals surface area (Å²) < 4.78 is 26.4. The highest BCUT2D eigenvalue weighted by atomic mass is 32.2. The van der Waals surface area contributed by atoms with Crippen LogP contribution < -0.4 is 4.72 Å². The maximum atomic E-state index is 12.1. The van der Waals surface area contributed by atoms with Crippen molar-refractivity contribution in [1.82, 2.24) is 20.2 Å². The molecule has 3 N–H and O–H groups in total. The quantitative estimate of drug-likeness (QED) is 0.707. The van der Waals surface area contributed by atoms with Gasteiger partial charge in [0.2, 0.25) is 5.95 Å². The van der Waals surface area contributed by atoms with Crippen molar-refractivity contribution in [3.63, 3.8) is 0 Å². The van der Waals surface area contributed by atoms with Crippen molar-refractivity contribution in [2.75, 3.05) is 4.72 Å². The van der Waals surface area contributed by atoms with E-state index in [0.29, 0.717) is 5.69 Å². The molecule has 0 atom stereocenters. The fourth-order valence-corrected chi connectivity index (χ4v) is 2.77. The lowest BCUT2D eigenvalue weighted by atomic mass is 10.4. The first kappa shape index (κ1) is 12.5. The molecule has 2 aromatic heterocycles. The Morgan fingerprint density at radius 3 is 2.67 bits per heavy atom. The lowest BCUT2D eigenvalue weighted by Crippen LogP contribution is -2.17. The summed E-state index contributed by atoms with van der Waals surface area (Å²) in [5.74, 6) is -0.0398. The Balaban J connectivity index is 2.40. The van der Waals surface area contributed by atoms with Gasteiger partial charge in [-0.1, -0.05) is 0 Å². The molecule has 0 fully saturated rings. The van der Waals surface area contributed by atoms with Crippen LogP contribution in [0, 0.1) is 6.92 Å². The number of anilines is 1. The normalized spacial score (nSPS) is 11.4. The summed E-state index contributed by atoms with van der Waals surface area (Å²) in [6.07, 6.45) is 2.83. The van der Waals surface area contributed by atoms with Crippen LogP contribution in [-0.4, -0.2) is 33.7 Å². The highest BCUT2D eigenvalue weighted by Crippen LogP contribution is 2.19. The smallest absolute Gasteiger partial charge is 0.267 e. The fourth-order valence-electron chi connectivity index (χ4n) is 1.46. The Morgan fingerprint density at radius 2 is 2.06 bits per heavy atom. The van der Waals surface area contributed by atoms with Gasteiger partial charge in [0.25, 0.3) is 10.0 Å². The number of aliphatic hydroxyl groups is 1. The molecule has 0 spiro atoms. The van der Waals surface area contributed by atoms with Gasteiger partial charge in [-0.15, -0.1) is 0 Å². The molecule has 2 rings (SSSR count). The van der Waals surface area contributed by atoms with Gasteiger partial charge in [-0.3, -0.25) is 5.10 Å². The minimum Gasteiger partial charge on any atom is -0.390 e. The maximum Gasteiger partial charge on any atom is 0.267 e. The zero-order valence-corrected chi connectivity index (χ0v) is 10.3. The van der Waals surface area contributed by atoms with Crippen LogP contribution >= 0.6 is 0 Å². The monoisotopic (exact) mass is 269 g/mol. The van der Waals surface area contributed by atoms with Crippen molar-refractivity contribution in [3.8, 4) is 0 Å².